The largest absolute Gasteiger partial charge is 0.465 e. The fraction of sp³-hybridized carbons (Fsp3) is 0.667. The van der Waals surface area contributed by atoms with Crippen LogP contribution in [0.1, 0.15) is 6.42 Å². The van der Waals surface area contributed by atoms with Crippen molar-refractivity contribution in [1.82, 2.24) is 10.6 Å². The predicted molar refractivity (Wildman–Crippen MR) is 38.6 cm³/mol. The number of aliphatic hydroxyl groups is 1. The average Bonchev–Trinajstić information content (AvgIpc) is 2.31. The fourth-order valence-electron chi connectivity index (χ4n) is 1.15. The van der Waals surface area contributed by atoms with Crippen LogP contribution < -0.4 is 10.6 Å². The van der Waals surface area contributed by atoms with E-state index in [2.05, 4.69) is 5.32 Å². The molecule has 0 aromatic heterocycles. The van der Waals surface area contributed by atoms with Crippen molar-refractivity contribution in [2.24, 2.45) is 0 Å². The smallest absolute Gasteiger partial charge is 0.405 e. The van der Waals surface area contributed by atoms with Gasteiger partial charge in [-0.3, -0.25) is 4.79 Å². The van der Waals surface area contributed by atoms with Gasteiger partial charge in [-0.15, -0.1) is 0 Å². The van der Waals surface area contributed by atoms with Gasteiger partial charge in [0, 0.05) is 0 Å². The van der Waals surface area contributed by atoms with E-state index in [9.17, 15) is 9.59 Å². The Bertz CT molecular complexity index is 206. The van der Waals surface area contributed by atoms with Crippen molar-refractivity contribution in [3.63, 3.8) is 0 Å². The van der Waals surface area contributed by atoms with Crippen LogP contribution in [0.15, 0.2) is 0 Å². The molecule has 4 N–H and O–H groups in total. The van der Waals surface area contributed by atoms with Crippen LogP contribution in [0.2, 0.25) is 0 Å². The van der Waals surface area contributed by atoms with E-state index in [-0.39, 0.29) is 18.6 Å². The van der Waals surface area contributed by atoms with Gasteiger partial charge >= 0.3 is 6.09 Å². The predicted octanol–water partition coefficient (Wildman–Crippen LogP) is -1.50. The Balaban J connectivity index is 2.46. The number of hydrogen-bond acceptors (Lipinski definition) is 3. The molecule has 0 unspecified atom stereocenters. The molecule has 0 saturated carbocycles. The van der Waals surface area contributed by atoms with Gasteiger partial charge in [-0.1, -0.05) is 0 Å². The van der Waals surface area contributed by atoms with E-state index in [1.165, 1.54) is 0 Å². The maximum Gasteiger partial charge on any atom is 0.405 e. The highest BCUT2D eigenvalue weighted by molar-refractivity contribution is 5.87. The van der Waals surface area contributed by atoms with Crippen molar-refractivity contribution in [3.8, 4) is 0 Å². The summed E-state index contributed by atoms with van der Waals surface area (Å²) in [6.07, 6.45) is -0.921. The molecule has 1 rings (SSSR count). The molecule has 0 bridgehead atoms. The first-order valence-electron chi connectivity index (χ1n) is 3.54. The van der Waals surface area contributed by atoms with Crippen LogP contribution in [-0.4, -0.2) is 40.9 Å². The molecule has 2 amide bonds. The second-order valence-corrected chi connectivity index (χ2v) is 2.63. The molecule has 0 radical (unpaired) electrons. The molecule has 1 fully saturated rings. The highest BCUT2D eigenvalue weighted by Crippen LogP contribution is 2.06. The Labute approximate surface area is 68.6 Å². The summed E-state index contributed by atoms with van der Waals surface area (Å²) in [5.74, 6) is -0.378. The molecule has 1 aliphatic heterocycles. The molecule has 1 saturated heterocycles. The Hall–Kier alpha value is -1.30. The fourth-order valence-corrected chi connectivity index (χ4v) is 1.15. The van der Waals surface area contributed by atoms with Crippen LogP contribution >= 0.6 is 0 Å². The Morgan fingerprint density at radius 3 is 2.83 bits per heavy atom. The maximum absolute atomic E-state index is 10.9. The van der Waals surface area contributed by atoms with Crippen molar-refractivity contribution in [2.45, 2.75) is 18.5 Å². The van der Waals surface area contributed by atoms with Crippen molar-refractivity contribution >= 4 is 12.0 Å². The van der Waals surface area contributed by atoms with E-state index in [4.69, 9.17) is 10.2 Å². The summed E-state index contributed by atoms with van der Waals surface area (Å²) in [5.41, 5.74) is 0. The first-order valence-corrected chi connectivity index (χ1v) is 3.54. The minimum atomic E-state index is -1.23. The first-order chi connectivity index (χ1) is 5.63. The minimum Gasteiger partial charge on any atom is -0.465 e. The number of hydrogen-bond donors (Lipinski definition) is 4. The lowest BCUT2D eigenvalue weighted by Crippen LogP contribution is -2.39. The topological polar surface area (TPSA) is 98.7 Å². The number of rotatable bonds is 2. The van der Waals surface area contributed by atoms with Gasteiger partial charge in [0.1, 0.15) is 6.04 Å². The van der Waals surface area contributed by atoms with Gasteiger partial charge in [-0.25, -0.2) is 4.79 Å². The molecule has 1 aliphatic rings. The van der Waals surface area contributed by atoms with Gasteiger partial charge in [0.25, 0.3) is 0 Å². The molecule has 68 valence electrons. The molecular weight excluding hydrogens is 164 g/mol. The van der Waals surface area contributed by atoms with Crippen LogP contribution in [0.25, 0.3) is 0 Å². The van der Waals surface area contributed by atoms with Crippen LogP contribution in [0, 0.1) is 0 Å². The second-order valence-electron chi connectivity index (χ2n) is 2.63. The molecule has 0 aromatic rings. The highest BCUT2D eigenvalue weighted by Gasteiger charge is 2.32. The monoisotopic (exact) mass is 174 g/mol. The zero-order valence-corrected chi connectivity index (χ0v) is 6.28. The van der Waals surface area contributed by atoms with E-state index < -0.39 is 12.1 Å². The Morgan fingerprint density at radius 2 is 2.42 bits per heavy atom. The Kier molecular flexibility index (Phi) is 2.49. The number of aliphatic hydroxyl groups excluding tert-OH is 1. The number of nitrogens with one attached hydrogen (secondary N) is 2. The van der Waals surface area contributed by atoms with Crippen LogP contribution in [0.4, 0.5) is 4.79 Å². The standard InChI is InChI=1S/C6H10N2O4/c9-2-3-1-4(5(10)7-3)8-6(11)12/h3-4,8-9H,1-2H2,(H,7,10)(H,11,12)/t3-,4+/m1/s1. The third-order valence-electron chi connectivity index (χ3n) is 1.70. The van der Waals surface area contributed by atoms with Crippen molar-refractivity contribution in [1.29, 1.82) is 0 Å². The van der Waals surface area contributed by atoms with E-state index in [0.29, 0.717) is 6.42 Å². The normalized spacial score (nSPS) is 28.2. The van der Waals surface area contributed by atoms with Crippen molar-refractivity contribution < 1.29 is 19.8 Å². The van der Waals surface area contributed by atoms with Crippen LogP contribution in [-0.2, 0) is 4.79 Å². The maximum atomic E-state index is 10.9. The number of amides is 2. The third-order valence-corrected chi connectivity index (χ3v) is 1.70. The van der Waals surface area contributed by atoms with Crippen molar-refractivity contribution in [2.75, 3.05) is 6.61 Å². The number of carbonyl (C=O) groups is 2. The molecule has 6 heteroatoms. The van der Waals surface area contributed by atoms with Gasteiger partial charge in [-0.2, -0.15) is 0 Å². The van der Waals surface area contributed by atoms with Gasteiger partial charge in [0.2, 0.25) is 5.91 Å². The minimum absolute atomic E-state index is 0.163. The van der Waals surface area contributed by atoms with Gasteiger partial charge in [-0.05, 0) is 6.42 Å². The molecule has 0 aromatic carbocycles. The molecule has 6 nitrogen and oxygen atoms in total. The lowest BCUT2D eigenvalue weighted by atomic mass is 10.2. The summed E-state index contributed by atoms with van der Waals surface area (Å²) in [5, 5.41) is 21.4. The number of carboxylic acid groups (broad SMARTS) is 1. The number of carbonyl (C=O) groups excluding carboxylic acids is 1. The van der Waals surface area contributed by atoms with Gasteiger partial charge in [0.15, 0.2) is 0 Å². The zero-order chi connectivity index (χ0) is 9.14. The summed E-state index contributed by atoms with van der Waals surface area (Å²) >= 11 is 0. The molecule has 0 aliphatic carbocycles. The highest BCUT2D eigenvalue weighted by atomic mass is 16.4. The molecule has 0 spiro atoms. The van der Waals surface area contributed by atoms with E-state index in [1.807, 2.05) is 5.32 Å². The Morgan fingerprint density at radius 1 is 1.75 bits per heavy atom. The quantitative estimate of drug-likeness (QED) is 0.409. The SMILES string of the molecule is O=C(O)N[C@H]1C[C@H](CO)NC1=O. The molecule has 12 heavy (non-hydrogen) atoms. The van der Waals surface area contributed by atoms with E-state index >= 15 is 0 Å². The lowest BCUT2D eigenvalue weighted by molar-refractivity contribution is -0.121. The summed E-state index contributed by atoms with van der Waals surface area (Å²) in [6, 6.07) is -1.05. The first kappa shape index (κ1) is 8.79. The average molecular weight is 174 g/mol. The van der Waals surface area contributed by atoms with Gasteiger partial charge in [0.05, 0.1) is 12.6 Å². The van der Waals surface area contributed by atoms with Gasteiger partial charge < -0.3 is 20.8 Å². The summed E-state index contributed by atoms with van der Waals surface area (Å²) in [6.45, 7) is -0.163. The molecular formula is C6H10N2O4. The van der Waals surface area contributed by atoms with E-state index in [0.717, 1.165) is 0 Å². The summed E-state index contributed by atoms with van der Waals surface area (Å²) < 4.78 is 0. The lowest BCUT2D eigenvalue weighted by Gasteiger charge is -2.05. The van der Waals surface area contributed by atoms with Crippen molar-refractivity contribution in [3.05, 3.63) is 0 Å². The molecule has 2 atom stereocenters. The third kappa shape index (κ3) is 1.85. The zero-order valence-electron chi connectivity index (χ0n) is 6.28. The van der Waals surface area contributed by atoms with Crippen LogP contribution in [0.5, 0.6) is 0 Å². The van der Waals surface area contributed by atoms with E-state index in [1.54, 1.807) is 0 Å². The summed E-state index contributed by atoms with van der Waals surface area (Å²) in [7, 11) is 0. The second kappa shape index (κ2) is 3.40. The summed E-state index contributed by atoms with van der Waals surface area (Å²) in [4.78, 5) is 21.1. The van der Waals surface area contributed by atoms with Crippen LogP contribution in [0.3, 0.4) is 0 Å². The molecule has 1 heterocycles.